The number of benzene rings is 1. The lowest BCUT2D eigenvalue weighted by Gasteiger charge is -2.49. The smallest absolute Gasteiger partial charge is 0.311 e. The van der Waals surface area contributed by atoms with E-state index in [1.165, 1.54) is 21.1 Å². The van der Waals surface area contributed by atoms with Gasteiger partial charge in [0.2, 0.25) is 0 Å². The molecule has 0 bridgehead atoms. The predicted molar refractivity (Wildman–Crippen MR) is 283 cm³/mol. The predicted octanol–water partition coefficient (Wildman–Crippen LogP) is 4.38. The maximum atomic E-state index is 14.9. The molecule has 5 heterocycles. The number of aromatic nitrogens is 1. The van der Waals surface area contributed by atoms with Crippen LogP contribution >= 0.6 is 11.3 Å². The number of hydrazine groups is 2. The third kappa shape index (κ3) is 14.0. The molecule has 0 spiro atoms. The summed E-state index contributed by atoms with van der Waals surface area (Å²) in [6, 6.07) is 5.62. The number of hydrogen-bond donors (Lipinski definition) is 8. The number of methoxy groups -OCH3 is 2. The number of aliphatic hydroxyl groups is 5. The van der Waals surface area contributed by atoms with Crippen LogP contribution in [0.2, 0.25) is 0 Å². The van der Waals surface area contributed by atoms with Crippen molar-refractivity contribution in [1.29, 1.82) is 0 Å². The van der Waals surface area contributed by atoms with E-state index >= 15 is 0 Å². The Hall–Kier alpha value is -3.17. The molecular formula is C54H89FN6O14S. The second-order valence-electron chi connectivity index (χ2n) is 22.7. The quantitative estimate of drug-likeness (QED) is 0.109. The molecule has 20 atom stereocenters. The summed E-state index contributed by atoms with van der Waals surface area (Å²) in [7, 11) is 6.76. The van der Waals surface area contributed by atoms with Gasteiger partial charge in [-0.1, -0.05) is 56.4 Å². The monoisotopic (exact) mass is 1100 g/mol. The van der Waals surface area contributed by atoms with E-state index in [1.54, 1.807) is 58.9 Å². The number of cyclic esters (lactones) is 1. The third-order valence-corrected chi connectivity index (χ3v) is 17.3. The summed E-state index contributed by atoms with van der Waals surface area (Å²) in [5, 5.41) is 73.0. The normalized spacial score (nSPS) is 39.4. The number of ether oxygens (including phenoxy) is 7. The number of aliphatic hydroxyl groups excluding tert-OH is 3. The van der Waals surface area contributed by atoms with Crippen LogP contribution in [0.5, 0.6) is 5.19 Å². The Balaban J connectivity index is 1.24. The summed E-state index contributed by atoms with van der Waals surface area (Å²) >= 11 is 1.14. The number of thiazole rings is 1. The third-order valence-electron chi connectivity index (χ3n) is 16.6. The first-order valence-corrected chi connectivity index (χ1v) is 27.7. The van der Waals surface area contributed by atoms with Gasteiger partial charge in [0.05, 0.1) is 47.2 Å². The lowest BCUT2D eigenvalue weighted by Crippen LogP contribution is -2.61. The van der Waals surface area contributed by atoms with Crippen LogP contribution in [0.25, 0.3) is 11.3 Å². The van der Waals surface area contributed by atoms with Crippen molar-refractivity contribution in [2.24, 2.45) is 17.8 Å². The fraction of sp³-hybridized carbons (Fsp3) is 0.778. The largest absolute Gasteiger partial charge is 0.486 e. The van der Waals surface area contributed by atoms with Crippen molar-refractivity contribution < 1.29 is 73.0 Å². The van der Waals surface area contributed by atoms with Crippen LogP contribution in [0, 0.1) is 17.8 Å². The van der Waals surface area contributed by atoms with Gasteiger partial charge < -0.3 is 79.0 Å². The molecule has 20 nitrogen and oxygen atoms in total. The van der Waals surface area contributed by atoms with Gasteiger partial charge >= 0.3 is 5.97 Å². The number of likely N-dealkylation sites (N-methyl/N-ethyl adjacent to an activating group) is 2. The van der Waals surface area contributed by atoms with Gasteiger partial charge in [-0.05, 0) is 93.3 Å². The van der Waals surface area contributed by atoms with Gasteiger partial charge in [0.25, 0.3) is 5.19 Å². The zero-order chi connectivity index (χ0) is 56.2. The summed E-state index contributed by atoms with van der Waals surface area (Å²) in [4.78, 5) is 22.6. The second-order valence-corrected chi connectivity index (χ2v) is 23.6. The van der Waals surface area contributed by atoms with Crippen LogP contribution in [0.4, 0.5) is 4.39 Å². The van der Waals surface area contributed by atoms with E-state index in [0.717, 1.165) is 28.2 Å². The molecule has 0 unspecified atom stereocenters. The van der Waals surface area contributed by atoms with Gasteiger partial charge in [-0.25, -0.2) is 9.37 Å². The maximum absolute atomic E-state index is 14.9. The van der Waals surface area contributed by atoms with Gasteiger partial charge in [0.15, 0.2) is 12.6 Å². The molecule has 1 aromatic carbocycles. The highest BCUT2D eigenvalue weighted by molar-refractivity contribution is 7.11. The van der Waals surface area contributed by atoms with Crippen molar-refractivity contribution in [1.82, 2.24) is 30.8 Å². The fourth-order valence-electron chi connectivity index (χ4n) is 11.9. The molecule has 76 heavy (non-hydrogen) atoms. The number of esters is 1. The maximum Gasteiger partial charge on any atom is 0.311 e. The number of aromatic hydroxyl groups is 1. The zero-order valence-corrected chi connectivity index (χ0v) is 47.8. The number of halogens is 1. The number of nitrogens with one attached hydrogen (secondary N) is 2. The Kier molecular flexibility index (Phi) is 21.2. The van der Waals surface area contributed by atoms with Crippen molar-refractivity contribution in [2.75, 3.05) is 48.1 Å². The lowest BCUT2D eigenvalue weighted by atomic mass is 9.77. The first-order valence-electron chi connectivity index (χ1n) is 26.8. The Morgan fingerprint density at radius 3 is 2.29 bits per heavy atom. The molecule has 3 fully saturated rings. The number of nitrogens with zero attached hydrogens (tertiary/aromatic N) is 4. The molecule has 0 radical (unpaired) electrons. The SMILES string of the molecule is CC[C@H]1OC(=O)[C@H](C)[C@@H](O[C@H]2C[C@@](C)(OC)[C@@H](O)[C@H](C)O2)[C@H](C)[C@@H](O[C@@H]2O[C@H](C)C[C@H](N(C)CCC3=CN([C@H](CF)[C@H](OC)c4ccc(-c5csc(O)n5)cc4)NN3)[C@H]2O)[C@](C)(O)C[C@@H](C)CN(C)[C@H](C)[C@@H](O)[C@]1(C)O. The lowest BCUT2D eigenvalue weighted by molar-refractivity contribution is -0.318. The van der Waals surface area contributed by atoms with Gasteiger partial charge in [0, 0.05) is 81.0 Å². The Labute approximate surface area is 452 Å². The van der Waals surface area contributed by atoms with E-state index in [9.17, 15) is 39.8 Å². The molecule has 432 valence electrons. The first kappa shape index (κ1) is 62.0. The first-order chi connectivity index (χ1) is 35.7. The number of rotatable bonds is 16. The minimum atomic E-state index is -1.85. The standard InChI is InChI=1S/C54H89FN6O14S/c1-15-41-54(10,68)46(63)33(6)60(12)26-29(2)23-52(8,67)48(31(4)44(32(5)49(65)73-41)74-42-24-53(9,70-14)47(64)34(7)72-42)75-50-43(62)39(22-30(3)71-50)59(11)21-20-37-27-61(58-57-37)40(25-55)45(69-13)36-18-16-35(17-19-36)38-28-76-51(66)56-38/h16-19,27-34,39-48,50,57-58,62-64,67-68H,15,20-26H2,1-14H3,(H,56,66)/t29-,30-,31+,32-,33-,34+,39+,40-,41-,42+,43-,44+,45-,46-,47+,48-,50+,52-,53-,54-/m1/s1. The van der Waals surface area contributed by atoms with Gasteiger partial charge in [-0.15, -0.1) is 5.53 Å². The molecular weight excluding hydrogens is 1010 g/mol. The summed E-state index contributed by atoms with van der Waals surface area (Å²) in [5.74, 6) is -2.88. The van der Waals surface area contributed by atoms with Gasteiger partial charge in [0.1, 0.15) is 48.8 Å². The van der Waals surface area contributed by atoms with Crippen LogP contribution in [-0.2, 0) is 38.0 Å². The van der Waals surface area contributed by atoms with E-state index in [-0.39, 0.29) is 30.4 Å². The highest BCUT2D eigenvalue weighted by Crippen LogP contribution is 2.41. The summed E-state index contributed by atoms with van der Waals surface area (Å²) < 4.78 is 59.1. The molecule has 1 aromatic heterocycles. The second kappa shape index (κ2) is 26.0. The van der Waals surface area contributed by atoms with Gasteiger partial charge in [-0.2, -0.15) is 0 Å². The molecule has 6 rings (SSSR count). The van der Waals surface area contributed by atoms with Crippen molar-refractivity contribution in [3.8, 4) is 16.5 Å². The van der Waals surface area contributed by atoms with E-state index in [0.29, 0.717) is 31.6 Å². The molecule has 4 aliphatic heterocycles. The van der Waals surface area contributed by atoms with E-state index in [4.69, 9.17) is 33.2 Å². The van der Waals surface area contributed by atoms with Gasteiger partial charge in [-0.3, -0.25) is 9.80 Å². The average molecular weight is 1100 g/mol. The zero-order valence-electron chi connectivity index (χ0n) is 47.0. The van der Waals surface area contributed by atoms with Crippen molar-refractivity contribution >= 4 is 17.3 Å². The van der Waals surface area contributed by atoms with Crippen molar-refractivity contribution in [3.05, 3.63) is 47.1 Å². The molecule has 22 heteroatoms. The molecule has 0 aliphatic carbocycles. The van der Waals surface area contributed by atoms with Crippen LogP contribution in [0.15, 0.2) is 41.5 Å². The molecule has 4 aliphatic rings. The molecule has 2 aromatic rings. The summed E-state index contributed by atoms with van der Waals surface area (Å²) in [6.45, 7) is 17.6. The van der Waals surface area contributed by atoms with E-state index in [2.05, 4.69) is 15.9 Å². The minimum absolute atomic E-state index is 0.0226. The minimum Gasteiger partial charge on any atom is -0.486 e. The molecule has 0 saturated carbocycles. The molecule has 3 saturated heterocycles. The van der Waals surface area contributed by atoms with Crippen molar-refractivity contribution in [3.63, 3.8) is 0 Å². The average Bonchev–Trinajstić information content (AvgIpc) is 4.04. The van der Waals surface area contributed by atoms with Crippen LogP contribution in [-0.4, -0.2) is 201 Å². The van der Waals surface area contributed by atoms with E-state index in [1.807, 2.05) is 68.2 Å². The number of carbonyl (C=O) groups is 1. The Bertz CT molecular complexity index is 2200. The van der Waals surface area contributed by atoms with Crippen molar-refractivity contribution in [2.45, 2.75) is 204 Å². The van der Waals surface area contributed by atoms with Crippen LogP contribution < -0.4 is 11.0 Å². The number of alkyl halides is 1. The summed E-state index contributed by atoms with van der Waals surface area (Å²) in [5.41, 5.74) is 4.62. The van der Waals surface area contributed by atoms with Crippen LogP contribution in [0.1, 0.15) is 113 Å². The highest BCUT2D eigenvalue weighted by Gasteiger charge is 2.53. The topological polar surface area (TPSA) is 250 Å². The number of carbonyl (C=O) groups excluding carboxylic acids is 1. The molecule has 8 N–H and O–H groups in total. The number of hydrogen-bond acceptors (Lipinski definition) is 21. The fourth-order valence-corrected chi connectivity index (χ4v) is 12.4. The highest BCUT2D eigenvalue weighted by atomic mass is 32.1. The Morgan fingerprint density at radius 1 is 1.00 bits per heavy atom. The summed E-state index contributed by atoms with van der Waals surface area (Å²) in [6.07, 6.45) is -7.82. The van der Waals surface area contributed by atoms with E-state index < -0.39 is 127 Å². The Morgan fingerprint density at radius 2 is 1.68 bits per heavy atom. The molecule has 0 amide bonds. The van der Waals surface area contributed by atoms with Crippen LogP contribution in [0.3, 0.4) is 0 Å².